The number of carbonyl (C=O) groups excluding carboxylic acids is 1. The fourth-order valence-electron chi connectivity index (χ4n) is 1.82. The van der Waals surface area contributed by atoms with Crippen LogP contribution < -0.4 is 5.32 Å². The average Bonchev–Trinajstić information content (AvgIpc) is 2.32. The minimum atomic E-state index is -3.25. The van der Waals surface area contributed by atoms with Gasteiger partial charge in [0.1, 0.15) is 0 Å². The molecule has 19 heavy (non-hydrogen) atoms. The lowest BCUT2D eigenvalue weighted by molar-refractivity contribution is -0.121. The topological polar surface area (TPSA) is 66.5 Å². The summed E-state index contributed by atoms with van der Waals surface area (Å²) in [6.07, 6.45) is 5.35. The average molecular weight is 292 g/mol. The molecule has 0 aromatic carbocycles. The Morgan fingerprint density at radius 2 is 1.89 bits per heavy atom. The molecule has 1 unspecified atom stereocenters. The van der Waals surface area contributed by atoms with Crippen LogP contribution in [0.15, 0.2) is 0 Å². The van der Waals surface area contributed by atoms with Crippen molar-refractivity contribution in [3.8, 4) is 0 Å². The predicted molar refractivity (Wildman–Crippen MR) is 78.5 cm³/mol. The normalized spacial score (nSPS) is 13.5. The number of hydrogen-bond donors (Lipinski definition) is 1. The predicted octanol–water partition coefficient (Wildman–Crippen LogP) is 1.74. The molecule has 114 valence electrons. The summed E-state index contributed by atoms with van der Waals surface area (Å²) in [5, 5.41) is 2.82. The van der Waals surface area contributed by atoms with Crippen molar-refractivity contribution in [1.82, 2.24) is 9.62 Å². The van der Waals surface area contributed by atoms with E-state index in [1.54, 1.807) is 0 Å². The minimum Gasteiger partial charge on any atom is -0.356 e. The fourth-order valence-corrected chi connectivity index (χ4v) is 3.05. The molecule has 1 atom stereocenters. The van der Waals surface area contributed by atoms with Crippen LogP contribution in [0.1, 0.15) is 52.9 Å². The van der Waals surface area contributed by atoms with Gasteiger partial charge in [-0.1, -0.05) is 26.7 Å². The highest BCUT2D eigenvalue weighted by Gasteiger charge is 2.22. The third-order valence-corrected chi connectivity index (χ3v) is 4.56. The molecule has 1 amide bonds. The largest absolute Gasteiger partial charge is 0.356 e. The van der Waals surface area contributed by atoms with E-state index in [1.807, 2.05) is 13.8 Å². The van der Waals surface area contributed by atoms with Gasteiger partial charge in [-0.3, -0.25) is 4.79 Å². The summed E-state index contributed by atoms with van der Waals surface area (Å²) in [4.78, 5) is 11.6. The molecular weight excluding hydrogens is 264 g/mol. The van der Waals surface area contributed by atoms with Crippen LogP contribution in [0.4, 0.5) is 0 Å². The Kier molecular flexibility index (Phi) is 9.01. The Hall–Kier alpha value is -0.620. The first-order chi connectivity index (χ1) is 8.82. The number of sulfonamides is 1. The number of nitrogens with zero attached hydrogens (tertiary/aromatic N) is 1. The zero-order chi connectivity index (χ0) is 14.9. The quantitative estimate of drug-likeness (QED) is 0.624. The van der Waals surface area contributed by atoms with Crippen molar-refractivity contribution in [1.29, 1.82) is 0 Å². The van der Waals surface area contributed by atoms with Gasteiger partial charge in [-0.15, -0.1) is 0 Å². The van der Waals surface area contributed by atoms with E-state index < -0.39 is 10.0 Å². The second kappa shape index (κ2) is 9.31. The highest BCUT2D eigenvalue weighted by Crippen LogP contribution is 2.09. The van der Waals surface area contributed by atoms with E-state index >= 15 is 0 Å². The standard InChI is InChI=1S/C13H28N2O3S/c1-5-7-8-10-14-13(16)9-11-15(12(3)6-2)19(4,17)18/h12H,5-11H2,1-4H3,(H,14,16). The van der Waals surface area contributed by atoms with Crippen molar-refractivity contribution < 1.29 is 13.2 Å². The van der Waals surface area contributed by atoms with Crippen molar-refractivity contribution in [3.63, 3.8) is 0 Å². The second-order valence-electron chi connectivity index (χ2n) is 4.94. The molecular formula is C13H28N2O3S. The van der Waals surface area contributed by atoms with E-state index in [0.29, 0.717) is 6.54 Å². The molecule has 0 aliphatic rings. The summed E-state index contributed by atoms with van der Waals surface area (Å²) >= 11 is 0. The Bertz CT molecular complexity index is 355. The lowest BCUT2D eigenvalue weighted by Crippen LogP contribution is -2.40. The van der Waals surface area contributed by atoms with Gasteiger partial charge in [0.2, 0.25) is 15.9 Å². The Morgan fingerprint density at radius 1 is 1.26 bits per heavy atom. The molecule has 0 saturated carbocycles. The second-order valence-corrected chi connectivity index (χ2v) is 6.87. The van der Waals surface area contributed by atoms with Crippen LogP contribution in [0.5, 0.6) is 0 Å². The summed E-state index contributed by atoms with van der Waals surface area (Å²) in [6.45, 7) is 6.84. The molecule has 0 aliphatic heterocycles. The molecule has 0 saturated heterocycles. The Labute approximate surface area is 117 Å². The first-order valence-electron chi connectivity index (χ1n) is 7.06. The van der Waals surface area contributed by atoms with E-state index in [9.17, 15) is 13.2 Å². The minimum absolute atomic E-state index is 0.0668. The molecule has 0 spiro atoms. The van der Waals surface area contributed by atoms with E-state index in [0.717, 1.165) is 25.7 Å². The van der Waals surface area contributed by atoms with Gasteiger partial charge < -0.3 is 5.32 Å². The van der Waals surface area contributed by atoms with E-state index in [1.165, 1.54) is 10.6 Å². The van der Waals surface area contributed by atoms with Crippen LogP contribution in [-0.2, 0) is 14.8 Å². The van der Waals surface area contributed by atoms with Gasteiger partial charge >= 0.3 is 0 Å². The van der Waals surface area contributed by atoms with Crippen molar-refractivity contribution in [2.75, 3.05) is 19.3 Å². The molecule has 0 rings (SSSR count). The smallest absolute Gasteiger partial charge is 0.221 e. The third-order valence-electron chi connectivity index (χ3n) is 3.17. The number of carbonyl (C=O) groups is 1. The van der Waals surface area contributed by atoms with Gasteiger partial charge in [-0.25, -0.2) is 8.42 Å². The van der Waals surface area contributed by atoms with Crippen LogP contribution in [0.2, 0.25) is 0 Å². The fraction of sp³-hybridized carbons (Fsp3) is 0.923. The molecule has 0 aliphatic carbocycles. The molecule has 6 heteroatoms. The van der Waals surface area contributed by atoms with Crippen molar-refractivity contribution in [3.05, 3.63) is 0 Å². The molecule has 0 radical (unpaired) electrons. The summed E-state index contributed by atoms with van der Waals surface area (Å²) < 4.78 is 24.7. The molecule has 5 nitrogen and oxygen atoms in total. The third kappa shape index (κ3) is 8.21. The molecule has 0 aromatic heterocycles. The summed E-state index contributed by atoms with van der Waals surface area (Å²) in [5.74, 6) is -0.0759. The molecule has 1 N–H and O–H groups in total. The maximum atomic E-state index is 11.6. The van der Waals surface area contributed by atoms with Crippen LogP contribution in [0.3, 0.4) is 0 Å². The maximum Gasteiger partial charge on any atom is 0.221 e. The van der Waals surface area contributed by atoms with Gasteiger partial charge in [0, 0.05) is 25.6 Å². The SMILES string of the molecule is CCCCCNC(=O)CCN(C(C)CC)S(C)(=O)=O. The van der Waals surface area contributed by atoms with E-state index in [-0.39, 0.29) is 24.9 Å². The van der Waals surface area contributed by atoms with E-state index in [4.69, 9.17) is 0 Å². The lowest BCUT2D eigenvalue weighted by Gasteiger charge is -2.25. The molecule has 0 heterocycles. The van der Waals surface area contributed by atoms with E-state index in [2.05, 4.69) is 12.2 Å². The maximum absolute atomic E-state index is 11.6. The van der Waals surface area contributed by atoms with Crippen LogP contribution in [0, 0.1) is 0 Å². The van der Waals surface area contributed by atoms with Crippen molar-refractivity contribution in [2.24, 2.45) is 0 Å². The van der Waals surface area contributed by atoms with Crippen molar-refractivity contribution >= 4 is 15.9 Å². The number of rotatable bonds is 10. The summed E-state index contributed by atoms with van der Waals surface area (Å²) in [5.41, 5.74) is 0. The molecule has 0 bridgehead atoms. The summed E-state index contributed by atoms with van der Waals surface area (Å²) in [7, 11) is -3.25. The number of unbranched alkanes of at least 4 members (excludes halogenated alkanes) is 2. The van der Waals surface area contributed by atoms with Gasteiger partial charge in [-0.05, 0) is 19.8 Å². The van der Waals surface area contributed by atoms with Crippen LogP contribution >= 0.6 is 0 Å². The van der Waals surface area contributed by atoms with Gasteiger partial charge in [0.25, 0.3) is 0 Å². The molecule has 0 aromatic rings. The summed E-state index contributed by atoms with van der Waals surface area (Å²) in [6, 6.07) is -0.0668. The lowest BCUT2D eigenvalue weighted by atomic mass is 10.2. The first-order valence-corrected chi connectivity index (χ1v) is 8.91. The Morgan fingerprint density at radius 3 is 2.37 bits per heavy atom. The monoisotopic (exact) mass is 292 g/mol. The number of amides is 1. The molecule has 0 fully saturated rings. The first kappa shape index (κ1) is 18.4. The number of nitrogens with one attached hydrogen (secondary N) is 1. The van der Waals surface area contributed by atoms with Crippen molar-refractivity contribution in [2.45, 2.75) is 58.9 Å². The zero-order valence-electron chi connectivity index (χ0n) is 12.6. The Balaban J connectivity index is 4.15. The van der Waals surface area contributed by atoms with Gasteiger partial charge in [0.05, 0.1) is 6.26 Å². The van der Waals surface area contributed by atoms with Gasteiger partial charge in [0.15, 0.2) is 0 Å². The highest BCUT2D eigenvalue weighted by molar-refractivity contribution is 7.88. The van der Waals surface area contributed by atoms with Crippen LogP contribution in [0.25, 0.3) is 0 Å². The van der Waals surface area contributed by atoms with Crippen LogP contribution in [-0.4, -0.2) is 44.0 Å². The van der Waals surface area contributed by atoms with Gasteiger partial charge in [-0.2, -0.15) is 4.31 Å². The zero-order valence-corrected chi connectivity index (χ0v) is 13.4. The highest BCUT2D eigenvalue weighted by atomic mass is 32.2. The number of hydrogen-bond acceptors (Lipinski definition) is 3.